The number of thiophene rings is 1. The second-order valence-electron chi connectivity index (χ2n) is 5.13. The highest BCUT2D eigenvalue weighted by atomic mass is 32.1. The van der Waals surface area contributed by atoms with Crippen LogP contribution in [0.1, 0.15) is 25.3 Å². The summed E-state index contributed by atoms with van der Waals surface area (Å²) in [5.74, 6) is 0.0775. The standard InChI is InChI=1S/C14H18N4OS/c1-9(14(19)17-11-4-5-11)15-7-10-8-16-18-13(10)12-3-2-6-20-12/h2-3,6,8-9,11,15H,4-5,7H2,1H3,(H,16,18)(H,17,19). The fraction of sp³-hybridized carbons (Fsp3) is 0.429. The lowest BCUT2D eigenvalue weighted by Crippen LogP contribution is -2.42. The zero-order valence-electron chi connectivity index (χ0n) is 11.3. The molecular weight excluding hydrogens is 272 g/mol. The van der Waals surface area contributed by atoms with E-state index in [2.05, 4.69) is 26.9 Å². The van der Waals surface area contributed by atoms with Crippen molar-refractivity contribution in [3.05, 3.63) is 29.3 Å². The highest BCUT2D eigenvalue weighted by Gasteiger charge is 2.25. The first-order valence-corrected chi connectivity index (χ1v) is 7.72. The van der Waals surface area contributed by atoms with Gasteiger partial charge < -0.3 is 10.6 Å². The van der Waals surface area contributed by atoms with Gasteiger partial charge >= 0.3 is 0 Å². The number of aromatic nitrogens is 2. The van der Waals surface area contributed by atoms with Crippen LogP contribution in [0.15, 0.2) is 23.7 Å². The SMILES string of the molecule is CC(NCc1cn[nH]c1-c1cccs1)C(=O)NC1CC1. The molecule has 1 aliphatic carbocycles. The number of nitrogens with one attached hydrogen (secondary N) is 3. The Morgan fingerprint density at radius 1 is 1.60 bits per heavy atom. The van der Waals surface area contributed by atoms with Crippen molar-refractivity contribution < 1.29 is 4.79 Å². The third kappa shape index (κ3) is 3.08. The van der Waals surface area contributed by atoms with Crippen LogP contribution in [-0.2, 0) is 11.3 Å². The van der Waals surface area contributed by atoms with E-state index in [0.29, 0.717) is 12.6 Å². The number of amides is 1. The highest BCUT2D eigenvalue weighted by Crippen LogP contribution is 2.25. The van der Waals surface area contributed by atoms with Gasteiger partial charge in [-0.1, -0.05) is 6.07 Å². The van der Waals surface area contributed by atoms with Crippen LogP contribution < -0.4 is 10.6 Å². The molecule has 0 aromatic carbocycles. The van der Waals surface area contributed by atoms with Gasteiger partial charge in [-0.05, 0) is 31.2 Å². The van der Waals surface area contributed by atoms with E-state index in [1.54, 1.807) is 11.3 Å². The van der Waals surface area contributed by atoms with Gasteiger partial charge in [0.2, 0.25) is 5.91 Å². The normalized spacial score (nSPS) is 16.1. The van der Waals surface area contributed by atoms with Gasteiger partial charge in [0.05, 0.1) is 22.8 Å². The van der Waals surface area contributed by atoms with E-state index in [4.69, 9.17) is 0 Å². The van der Waals surface area contributed by atoms with E-state index in [1.807, 2.05) is 24.6 Å². The summed E-state index contributed by atoms with van der Waals surface area (Å²) in [6, 6.07) is 4.29. The van der Waals surface area contributed by atoms with Gasteiger partial charge in [0, 0.05) is 18.2 Å². The summed E-state index contributed by atoms with van der Waals surface area (Å²) < 4.78 is 0. The number of carbonyl (C=O) groups is 1. The quantitative estimate of drug-likeness (QED) is 0.761. The highest BCUT2D eigenvalue weighted by molar-refractivity contribution is 7.13. The average molecular weight is 290 g/mol. The molecule has 20 heavy (non-hydrogen) atoms. The molecule has 1 aliphatic rings. The first-order valence-electron chi connectivity index (χ1n) is 6.84. The Kier molecular flexibility index (Phi) is 3.84. The number of aromatic amines is 1. The average Bonchev–Trinajstić information content (AvgIpc) is 2.96. The van der Waals surface area contributed by atoms with E-state index in [9.17, 15) is 4.79 Å². The predicted molar refractivity (Wildman–Crippen MR) is 79.4 cm³/mol. The molecule has 0 bridgehead atoms. The van der Waals surface area contributed by atoms with Crippen molar-refractivity contribution in [2.24, 2.45) is 0 Å². The van der Waals surface area contributed by atoms with Crippen molar-refractivity contribution in [2.45, 2.75) is 38.4 Å². The molecule has 1 atom stereocenters. The second kappa shape index (κ2) is 5.76. The Bertz CT molecular complexity index is 574. The molecule has 6 heteroatoms. The number of nitrogens with zero attached hydrogens (tertiary/aromatic N) is 1. The second-order valence-corrected chi connectivity index (χ2v) is 6.08. The van der Waals surface area contributed by atoms with Crippen LogP contribution in [0.4, 0.5) is 0 Å². The summed E-state index contributed by atoms with van der Waals surface area (Å²) >= 11 is 1.67. The van der Waals surface area contributed by atoms with E-state index < -0.39 is 0 Å². The van der Waals surface area contributed by atoms with Crippen LogP contribution >= 0.6 is 11.3 Å². The van der Waals surface area contributed by atoms with Gasteiger partial charge in [-0.3, -0.25) is 9.89 Å². The molecule has 0 aliphatic heterocycles. The van der Waals surface area contributed by atoms with E-state index in [0.717, 1.165) is 29.0 Å². The van der Waals surface area contributed by atoms with Crippen molar-refractivity contribution in [3.8, 4) is 10.6 Å². The summed E-state index contributed by atoms with van der Waals surface area (Å²) in [6.07, 6.45) is 4.04. The first kappa shape index (κ1) is 13.3. The van der Waals surface area contributed by atoms with Gasteiger partial charge in [-0.2, -0.15) is 5.10 Å². The molecule has 1 amide bonds. The molecule has 3 rings (SSSR count). The Labute approximate surface area is 121 Å². The van der Waals surface area contributed by atoms with Gasteiger partial charge in [-0.15, -0.1) is 11.3 Å². The van der Waals surface area contributed by atoms with Gasteiger partial charge in [0.1, 0.15) is 0 Å². The van der Waals surface area contributed by atoms with Crippen LogP contribution in [0, 0.1) is 0 Å². The third-order valence-corrected chi connectivity index (χ3v) is 4.29. The lowest BCUT2D eigenvalue weighted by atomic mass is 10.2. The van der Waals surface area contributed by atoms with E-state index in [-0.39, 0.29) is 11.9 Å². The maximum absolute atomic E-state index is 11.9. The molecule has 1 unspecified atom stereocenters. The summed E-state index contributed by atoms with van der Waals surface area (Å²) in [5.41, 5.74) is 2.11. The zero-order valence-corrected chi connectivity index (χ0v) is 12.2. The number of hydrogen-bond donors (Lipinski definition) is 3. The van der Waals surface area contributed by atoms with Crippen molar-refractivity contribution in [1.29, 1.82) is 0 Å². The Balaban J connectivity index is 1.58. The largest absolute Gasteiger partial charge is 0.352 e. The lowest BCUT2D eigenvalue weighted by Gasteiger charge is -2.13. The molecule has 0 saturated heterocycles. The summed E-state index contributed by atoms with van der Waals surface area (Å²) in [5, 5.41) is 15.4. The Hall–Kier alpha value is -1.66. The molecule has 2 heterocycles. The van der Waals surface area contributed by atoms with Crippen LogP contribution in [0.2, 0.25) is 0 Å². The molecule has 1 fully saturated rings. The maximum atomic E-state index is 11.9. The molecule has 5 nitrogen and oxygen atoms in total. The fourth-order valence-corrected chi connectivity index (χ4v) is 2.74. The fourth-order valence-electron chi connectivity index (χ4n) is 1.99. The van der Waals surface area contributed by atoms with Crippen LogP contribution in [0.5, 0.6) is 0 Å². The monoisotopic (exact) mass is 290 g/mol. The number of rotatable bonds is 6. The van der Waals surface area contributed by atoms with Crippen molar-refractivity contribution in [1.82, 2.24) is 20.8 Å². The number of H-pyrrole nitrogens is 1. The molecule has 2 aromatic rings. The van der Waals surface area contributed by atoms with Crippen molar-refractivity contribution >= 4 is 17.2 Å². The van der Waals surface area contributed by atoms with E-state index in [1.165, 1.54) is 0 Å². The number of hydrogen-bond acceptors (Lipinski definition) is 4. The Morgan fingerprint density at radius 2 is 2.45 bits per heavy atom. The minimum Gasteiger partial charge on any atom is -0.352 e. The molecule has 106 valence electrons. The van der Waals surface area contributed by atoms with E-state index >= 15 is 0 Å². The smallest absolute Gasteiger partial charge is 0.237 e. The van der Waals surface area contributed by atoms with Crippen LogP contribution in [0.3, 0.4) is 0 Å². The van der Waals surface area contributed by atoms with Crippen LogP contribution in [-0.4, -0.2) is 28.2 Å². The number of carbonyl (C=O) groups excluding carboxylic acids is 1. The van der Waals surface area contributed by atoms with Crippen molar-refractivity contribution in [2.75, 3.05) is 0 Å². The molecule has 2 aromatic heterocycles. The van der Waals surface area contributed by atoms with Gasteiger partial charge in [0.15, 0.2) is 0 Å². The minimum absolute atomic E-state index is 0.0775. The molecular formula is C14H18N4OS. The van der Waals surface area contributed by atoms with Gasteiger partial charge in [-0.25, -0.2) is 0 Å². The third-order valence-electron chi connectivity index (χ3n) is 3.40. The summed E-state index contributed by atoms with van der Waals surface area (Å²) in [6.45, 7) is 2.52. The predicted octanol–water partition coefficient (Wildman–Crippen LogP) is 1.89. The molecule has 3 N–H and O–H groups in total. The minimum atomic E-state index is -0.193. The summed E-state index contributed by atoms with van der Waals surface area (Å²) in [7, 11) is 0. The zero-order chi connectivity index (χ0) is 13.9. The summed E-state index contributed by atoms with van der Waals surface area (Å²) in [4.78, 5) is 13.0. The van der Waals surface area contributed by atoms with Gasteiger partial charge in [0.25, 0.3) is 0 Å². The molecule has 0 radical (unpaired) electrons. The molecule has 0 spiro atoms. The van der Waals surface area contributed by atoms with Crippen molar-refractivity contribution in [3.63, 3.8) is 0 Å². The maximum Gasteiger partial charge on any atom is 0.237 e. The lowest BCUT2D eigenvalue weighted by molar-refractivity contribution is -0.122. The topological polar surface area (TPSA) is 69.8 Å². The first-order chi connectivity index (χ1) is 9.74. The Morgan fingerprint density at radius 3 is 3.15 bits per heavy atom. The van der Waals surface area contributed by atoms with Crippen LogP contribution in [0.25, 0.3) is 10.6 Å². The molecule has 1 saturated carbocycles.